The van der Waals surface area contributed by atoms with Crippen LogP contribution in [0.1, 0.15) is 19.8 Å². The minimum Gasteiger partial charge on any atom is -0.465 e. The van der Waals surface area contributed by atoms with Crippen LogP contribution < -0.4 is 5.73 Å². The molecule has 1 aliphatic rings. The van der Waals surface area contributed by atoms with E-state index in [1.54, 1.807) is 6.92 Å². The quantitative estimate of drug-likeness (QED) is 0.577. The van der Waals surface area contributed by atoms with Gasteiger partial charge in [-0.25, -0.2) is 0 Å². The summed E-state index contributed by atoms with van der Waals surface area (Å²) in [6.07, 6.45) is 1.47. The van der Waals surface area contributed by atoms with E-state index in [9.17, 15) is 4.79 Å². The third-order valence-corrected chi connectivity index (χ3v) is 1.72. The van der Waals surface area contributed by atoms with Gasteiger partial charge in [-0.3, -0.25) is 4.79 Å². The first-order chi connectivity index (χ1) is 4.74. The summed E-state index contributed by atoms with van der Waals surface area (Å²) < 4.78 is 4.87. The molecule has 1 aliphatic carbocycles. The molecule has 0 saturated heterocycles. The number of rotatable bonds is 3. The number of hydrogen-bond acceptors (Lipinski definition) is 3. The lowest BCUT2D eigenvalue weighted by Gasteiger charge is -1.99. The molecule has 1 fully saturated rings. The Morgan fingerprint density at radius 3 is 2.80 bits per heavy atom. The van der Waals surface area contributed by atoms with E-state index in [0.29, 0.717) is 18.9 Å². The molecule has 58 valence electrons. The summed E-state index contributed by atoms with van der Waals surface area (Å²) in [6.45, 7) is 2.31. The van der Waals surface area contributed by atoms with Crippen molar-refractivity contribution in [3.8, 4) is 0 Å². The Bertz CT molecular complexity index is 136. The van der Waals surface area contributed by atoms with Crippen molar-refractivity contribution < 1.29 is 9.53 Å². The Hall–Kier alpha value is -0.570. The van der Waals surface area contributed by atoms with Gasteiger partial charge in [0, 0.05) is 18.4 Å². The zero-order valence-corrected chi connectivity index (χ0v) is 6.17. The summed E-state index contributed by atoms with van der Waals surface area (Å²) >= 11 is 0. The average molecular weight is 143 g/mol. The second-order valence-corrected chi connectivity index (χ2v) is 2.70. The molecule has 2 N–H and O–H groups in total. The van der Waals surface area contributed by atoms with Gasteiger partial charge >= 0.3 is 5.97 Å². The second-order valence-electron chi connectivity index (χ2n) is 2.70. The molecule has 0 radical (unpaired) electrons. The van der Waals surface area contributed by atoms with Crippen LogP contribution in [0.15, 0.2) is 0 Å². The molecule has 1 unspecified atom stereocenters. The Morgan fingerprint density at radius 1 is 1.80 bits per heavy atom. The minimum atomic E-state index is -0.126. The van der Waals surface area contributed by atoms with Crippen LogP contribution in [0.4, 0.5) is 0 Å². The van der Waals surface area contributed by atoms with Crippen LogP contribution in [0, 0.1) is 5.92 Å². The third-order valence-electron chi connectivity index (χ3n) is 1.72. The van der Waals surface area contributed by atoms with Gasteiger partial charge in [0.1, 0.15) is 0 Å². The van der Waals surface area contributed by atoms with Crippen molar-refractivity contribution in [3.63, 3.8) is 0 Å². The third kappa shape index (κ3) is 1.99. The topological polar surface area (TPSA) is 52.3 Å². The molecule has 0 aromatic heterocycles. The van der Waals surface area contributed by atoms with Crippen molar-refractivity contribution >= 4 is 5.97 Å². The van der Waals surface area contributed by atoms with Crippen molar-refractivity contribution in [2.45, 2.75) is 25.8 Å². The SMILES string of the molecule is CCC(=O)OCC1C[C@@H]1N. The fourth-order valence-electron chi connectivity index (χ4n) is 0.765. The Morgan fingerprint density at radius 2 is 2.40 bits per heavy atom. The first kappa shape index (κ1) is 7.54. The maximum absolute atomic E-state index is 10.6. The summed E-state index contributed by atoms with van der Waals surface area (Å²) in [7, 11) is 0. The molecule has 0 aromatic rings. The number of esters is 1. The van der Waals surface area contributed by atoms with Gasteiger partial charge in [-0.05, 0) is 6.42 Å². The highest BCUT2D eigenvalue weighted by molar-refractivity contribution is 5.68. The zero-order chi connectivity index (χ0) is 7.56. The van der Waals surface area contributed by atoms with Crippen LogP contribution in [0.5, 0.6) is 0 Å². The van der Waals surface area contributed by atoms with Gasteiger partial charge in [0.05, 0.1) is 6.61 Å². The molecule has 0 heterocycles. The standard InChI is InChI=1S/C7H13NO2/c1-2-7(9)10-4-5-3-6(5)8/h5-6H,2-4,8H2,1H3/t5?,6-/m0/s1. The predicted molar refractivity (Wildman–Crippen MR) is 37.3 cm³/mol. The number of ether oxygens (including phenoxy) is 1. The van der Waals surface area contributed by atoms with Gasteiger partial charge in [-0.1, -0.05) is 6.92 Å². The number of carbonyl (C=O) groups is 1. The molecule has 0 amide bonds. The lowest BCUT2D eigenvalue weighted by atomic mass is 10.4. The van der Waals surface area contributed by atoms with Crippen molar-refractivity contribution in [2.75, 3.05) is 6.61 Å². The van der Waals surface area contributed by atoms with Gasteiger partial charge in [-0.15, -0.1) is 0 Å². The molecule has 10 heavy (non-hydrogen) atoms. The van der Waals surface area contributed by atoms with E-state index in [0.717, 1.165) is 6.42 Å². The highest BCUT2D eigenvalue weighted by Crippen LogP contribution is 2.27. The van der Waals surface area contributed by atoms with Gasteiger partial charge in [0.25, 0.3) is 0 Å². The smallest absolute Gasteiger partial charge is 0.305 e. The maximum Gasteiger partial charge on any atom is 0.305 e. The minimum absolute atomic E-state index is 0.126. The van der Waals surface area contributed by atoms with E-state index in [1.165, 1.54) is 0 Å². The molecule has 0 aliphatic heterocycles. The summed E-state index contributed by atoms with van der Waals surface area (Å²) in [4.78, 5) is 10.6. The van der Waals surface area contributed by atoms with Gasteiger partial charge < -0.3 is 10.5 Å². The van der Waals surface area contributed by atoms with E-state index in [4.69, 9.17) is 10.5 Å². The molecule has 3 nitrogen and oxygen atoms in total. The Balaban J connectivity index is 2.00. The van der Waals surface area contributed by atoms with E-state index >= 15 is 0 Å². The van der Waals surface area contributed by atoms with Crippen molar-refractivity contribution in [3.05, 3.63) is 0 Å². The van der Waals surface area contributed by atoms with E-state index in [-0.39, 0.29) is 12.0 Å². The molecule has 0 bridgehead atoms. The number of carbonyl (C=O) groups excluding carboxylic acids is 1. The van der Waals surface area contributed by atoms with Crippen LogP contribution in [0.2, 0.25) is 0 Å². The lowest BCUT2D eigenvalue weighted by molar-refractivity contribution is -0.143. The number of hydrogen-bond donors (Lipinski definition) is 1. The van der Waals surface area contributed by atoms with Crippen LogP contribution >= 0.6 is 0 Å². The predicted octanol–water partition coefficient (Wildman–Crippen LogP) is 0.287. The molecular formula is C7H13NO2. The van der Waals surface area contributed by atoms with Crippen LogP contribution in [0.25, 0.3) is 0 Å². The molecule has 1 rings (SSSR count). The first-order valence-electron chi connectivity index (χ1n) is 3.65. The fourth-order valence-corrected chi connectivity index (χ4v) is 0.765. The largest absolute Gasteiger partial charge is 0.465 e. The lowest BCUT2D eigenvalue weighted by Crippen LogP contribution is -2.10. The normalized spacial score (nSPS) is 29.8. The van der Waals surface area contributed by atoms with Crippen LogP contribution in [0.3, 0.4) is 0 Å². The molecular weight excluding hydrogens is 130 g/mol. The maximum atomic E-state index is 10.6. The van der Waals surface area contributed by atoms with Crippen molar-refractivity contribution in [1.82, 2.24) is 0 Å². The molecule has 0 spiro atoms. The summed E-state index contributed by atoms with van der Waals surface area (Å²) in [5.74, 6) is 0.314. The average Bonchev–Trinajstić information content (AvgIpc) is 2.61. The Kier molecular flexibility index (Phi) is 2.27. The van der Waals surface area contributed by atoms with E-state index in [1.807, 2.05) is 0 Å². The monoisotopic (exact) mass is 143 g/mol. The summed E-state index contributed by atoms with van der Waals surface area (Å²) in [5.41, 5.74) is 5.50. The molecule has 1 saturated carbocycles. The van der Waals surface area contributed by atoms with Crippen LogP contribution in [-0.4, -0.2) is 18.6 Å². The van der Waals surface area contributed by atoms with Crippen molar-refractivity contribution in [1.29, 1.82) is 0 Å². The van der Waals surface area contributed by atoms with E-state index in [2.05, 4.69) is 0 Å². The highest BCUT2D eigenvalue weighted by atomic mass is 16.5. The highest BCUT2D eigenvalue weighted by Gasteiger charge is 2.34. The molecule has 2 atom stereocenters. The molecule has 0 aromatic carbocycles. The van der Waals surface area contributed by atoms with Gasteiger partial charge in [0.2, 0.25) is 0 Å². The van der Waals surface area contributed by atoms with Crippen LogP contribution in [-0.2, 0) is 9.53 Å². The number of nitrogens with two attached hydrogens (primary N) is 1. The van der Waals surface area contributed by atoms with Gasteiger partial charge in [0.15, 0.2) is 0 Å². The molecule has 3 heteroatoms. The van der Waals surface area contributed by atoms with Gasteiger partial charge in [-0.2, -0.15) is 0 Å². The second kappa shape index (κ2) is 3.01. The summed E-state index contributed by atoms with van der Waals surface area (Å²) in [6, 6.07) is 0.282. The fraction of sp³-hybridized carbons (Fsp3) is 0.857. The summed E-state index contributed by atoms with van der Waals surface area (Å²) in [5, 5.41) is 0. The van der Waals surface area contributed by atoms with E-state index < -0.39 is 0 Å². The zero-order valence-electron chi connectivity index (χ0n) is 6.17. The first-order valence-corrected chi connectivity index (χ1v) is 3.65. The van der Waals surface area contributed by atoms with Crippen molar-refractivity contribution in [2.24, 2.45) is 11.7 Å². The Labute approximate surface area is 60.5 Å².